The molecular weight excluding hydrogens is 388 g/mol. The van der Waals surface area contributed by atoms with Crippen molar-refractivity contribution in [2.75, 3.05) is 28.4 Å². The van der Waals surface area contributed by atoms with Crippen LogP contribution in [0.25, 0.3) is 16.5 Å². The summed E-state index contributed by atoms with van der Waals surface area (Å²) in [5, 5.41) is 2.03. The third-order valence-corrected chi connectivity index (χ3v) is 5.32. The maximum atomic E-state index is 12.8. The molecule has 5 nitrogen and oxygen atoms in total. The van der Waals surface area contributed by atoms with Crippen LogP contribution < -0.4 is 18.9 Å². The van der Waals surface area contributed by atoms with E-state index in [0.717, 1.165) is 16.0 Å². The fraction of sp³-hybridized carbons (Fsp3) is 0.174. The van der Waals surface area contributed by atoms with Crippen molar-refractivity contribution in [3.8, 4) is 33.4 Å². The third kappa shape index (κ3) is 4.43. The number of hydrogen-bond acceptors (Lipinski definition) is 6. The molecule has 0 bridgehead atoms. The molecule has 3 aromatic rings. The molecule has 0 spiro atoms. The van der Waals surface area contributed by atoms with Crippen LogP contribution in [-0.4, -0.2) is 34.2 Å². The fourth-order valence-electron chi connectivity index (χ4n) is 2.95. The largest absolute Gasteiger partial charge is 0.496 e. The van der Waals surface area contributed by atoms with Gasteiger partial charge in [-0.1, -0.05) is 6.07 Å². The maximum Gasteiger partial charge on any atom is 0.203 e. The van der Waals surface area contributed by atoms with Gasteiger partial charge in [0.05, 0.1) is 28.4 Å². The highest BCUT2D eigenvalue weighted by Gasteiger charge is 2.16. The first-order valence-electron chi connectivity index (χ1n) is 8.85. The number of benzene rings is 2. The van der Waals surface area contributed by atoms with E-state index < -0.39 is 0 Å². The molecule has 1 aromatic heterocycles. The highest BCUT2D eigenvalue weighted by atomic mass is 32.1. The van der Waals surface area contributed by atoms with Crippen LogP contribution in [0, 0.1) is 0 Å². The SMILES string of the molecule is COc1ccc(-c2cccs2)cc1/C=C/C(=O)c1cc(OC)c(OC)c(OC)c1. The molecular formula is C23H22O5S. The Kier molecular flexibility index (Phi) is 6.57. The van der Waals surface area contributed by atoms with Gasteiger partial charge in [0.2, 0.25) is 5.75 Å². The molecule has 0 amide bonds. The Bertz CT molecular complexity index is 997. The molecule has 0 saturated heterocycles. The van der Waals surface area contributed by atoms with E-state index >= 15 is 0 Å². The highest BCUT2D eigenvalue weighted by molar-refractivity contribution is 7.13. The number of hydrogen-bond donors (Lipinski definition) is 0. The normalized spacial score (nSPS) is 10.8. The van der Waals surface area contributed by atoms with Gasteiger partial charge in [-0.2, -0.15) is 0 Å². The van der Waals surface area contributed by atoms with Crippen LogP contribution in [0.5, 0.6) is 23.0 Å². The van der Waals surface area contributed by atoms with E-state index in [9.17, 15) is 4.79 Å². The van der Waals surface area contributed by atoms with Gasteiger partial charge in [-0.15, -0.1) is 11.3 Å². The molecule has 2 aromatic carbocycles. The third-order valence-electron chi connectivity index (χ3n) is 4.40. The predicted molar refractivity (Wildman–Crippen MR) is 116 cm³/mol. The zero-order chi connectivity index (χ0) is 20.8. The van der Waals surface area contributed by atoms with Crippen LogP contribution in [0.1, 0.15) is 15.9 Å². The van der Waals surface area contributed by atoms with Gasteiger partial charge in [0.1, 0.15) is 5.75 Å². The van der Waals surface area contributed by atoms with Crippen molar-refractivity contribution in [1.29, 1.82) is 0 Å². The summed E-state index contributed by atoms with van der Waals surface area (Å²) in [5.74, 6) is 1.81. The van der Waals surface area contributed by atoms with E-state index in [0.29, 0.717) is 28.6 Å². The average Bonchev–Trinajstić information content (AvgIpc) is 3.31. The Balaban J connectivity index is 1.94. The number of methoxy groups -OCH3 is 4. The minimum Gasteiger partial charge on any atom is -0.496 e. The molecule has 0 radical (unpaired) electrons. The number of ketones is 1. The number of thiophene rings is 1. The van der Waals surface area contributed by atoms with Gasteiger partial charge in [0.25, 0.3) is 0 Å². The predicted octanol–water partition coefficient (Wildman–Crippen LogP) is 5.35. The van der Waals surface area contributed by atoms with Crippen LogP contribution in [0.15, 0.2) is 53.9 Å². The number of carbonyl (C=O) groups is 1. The Labute approximate surface area is 174 Å². The molecule has 0 unspecified atom stereocenters. The van der Waals surface area contributed by atoms with E-state index in [-0.39, 0.29) is 5.78 Å². The van der Waals surface area contributed by atoms with Gasteiger partial charge in [-0.05, 0) is 59.5 Å². The molecule has 6 heteroatoms. The van der Waals surface area contributed by atoms with Gasteiger partial charge < -0.3 is 18.9 Å². The van der Waals surface area contributed by atoms with E-state index in [2.05, 4.69) is 6.07 Å². The van der Waals surface area contributed by atoms with Crippen molar-refractivity contribution in [2.45, 2.75) is 0 Å². The van der Waals surface area contributed by atoms with Gasteiger partial charge >= 0.3 is 0 Å². The van der Waals surface area contributed by atoms with E-state index in [1.54, 1.807) is 36.7 Å². The first kappa shape index (κ1) is 20.5. The fourth-order valence-corrected chi connectivity index (χ4v) is 3.67. The van der Waals surface area contributed by atoms with Crippen LogP contribution in [0.3, 0.4) is 0 Å². The molecule has 0 saturated carbocycles. The highest BCUT2D eigenvalue weighted by Crippen LogP contribution is 2.38. The Hall–Kier alpha value is -3.25. The lowest BCUT2D eigenvalue weighted by atomic mass is 10.0. The Morgan fingerprint density at radius 3 is 2.10 bits per heavy atom. The summed E-state index contributed by atoms with van der Waals surface area (Å²) in [6.07, 6.45) is 3.26. The monoisotopic (exact) mass is 410 g/mol. The summed E-state index contributed by atoms with van der Waals surface area (Å²) >= 11 is 1.66. The molecule has 0 aliphatic heterocycles. The molecule has 3 rings (SSSR count). The van der Waals surface area contributed by atoms with Crippen molar-refractivity contribution in [3.63, 3.8) is 0 Å². The second-order valence-electron chi connectivity index (χ2n) is 6.05. The lowest BCUT2D eigenvalue weighted by molar-refractivity contribution is 0.104. The van der Waals surface area contributed by atoms with Crippen molar-refractivity contribution in [1.82, 2.24) is 0 Å². The average molecular weight is 410 g/mol. The number of carbonyl (C=O) groups excluding carboxylic acids is 1. The minimum absolute atomic E-state index is 0.187. The summed E-state index contributed by atoms with van der Waals surface area (Å²) in [4.78, 5) is 13.9. The lowest BCUT2D eigenvalue weighted by Gasteiger charge is -2.13. The lowest BCUT2D eigenvalue weighted by Crippen LogP contribution is -2.00. The Morgan fingerprint density at radius 1 is 0.862 bits per heavy atom. The molecule has 0 aliphatic carbocycles. The smallest absolute Gasteiger partial charge is 0.203 e. The minimum atomic E-state index is -0.187. The molecule has 0 fully saturated rings. The standard InChI is InChI=1S/C23H22O5S/c1-25-19-10-8-16(22-6-5-11-29-22)12-15(19)7-9-18(24)17-13-20(26-2)23(28-4)21(14-17)27-3/h5-14H,1-4H3/b9-7+. The molecule has 0 aliphatic rings. The van der Waals surface area contributed by atoms with Crippen molar-refractivity contribution < 1.29 is 23.7 Å². The number of ether oxygens (including phenoxy) is 4. The Morgan fingerprint density at radius 2 is 1.55 bits per heavy atom. The molecule has 29 heavy (non-hydrogen) atoms. The van der Waals surface area contributed by atoms with Crippen molar-refractivity contribution in [3.05, 3.63) is 65.0 Å². The molecule has 150 valence electrons. The summed E-state index contributed by atoms with van der Waals surface area (Å²) < 4.78 is 21.4. The van der Waals surface area contributed by atoms with Gasteiger partial charge in [0.15, 0.2) is 17.3 Å². The first-order chi connectivity index (χ1) is 14.1. The van der Waals surface area contributed by atoms with Crippen molar-refractivity contribution >= 4 is 23.2 Å². The summed E-state index contributed by atoms with van der Waals surface area (Å²) in [6, 6.07) is 13.2. The van der Waals surface area contributed by atoms with E-state index in [1.165, 1.54) is 27.4 Å². The maximum absolute atomic E-state index is 12.8. The summed E-state index contributed by atoms with van der Waals surface area (Å²) in [5.41, 5.74) is 2.32. The quantitative estimate of drug-likeness (QED) is 0.370. The van der Waals surface area contributed by atoms with E-state index in [1.807, 2.05) is 29.6 Å². The zero-order valence-electron chi connectivity index (χ0n) is 16.7. The number of rotatable bonds is 8. The van der Waals surface area contributed by atoms with Gasteiger partial charge in [-0.25, -0.2) is 0 Å². The molecule has 0 atom stereocenters. The van der Waals surface area contributed by atoms with Crippen LogP contribution >= 0.6 is 11.3 Å². The second-order valence-corrected chi connectivity index (χ2v) is 6.99. The van der Waals surface area contributed by atoms with Crippen LogP contribution in [0.4, 0.5) is 0 Å². The second kappa shape index (κ2) is 9.30. The van der Waals surface area contributed by atoms with Gasteiger partial charge in [0, 0.05) is 16.0 Å². The first-order valence-corrected chi connectivity index (χ1v) is 9.73. The summed E-state index contributed by atoms with van der Waals surface area (Å²) in [7, 11) is 6.16. The van der Waals surface area contributed by atoms with Crippen LogP contribution in [0.2, 0.25) is 0 Å². The number of allylic oxidation sites excluding steroid dienone is 1. The van der Waals surface area contributed by atoms with E-state index in [4.69, 9.17) is 18.9 Å². The molecule has 0 N–H and O–H groups in total. The van der Waals surface area contributed by atoms with Gasteiger partial charge in [-0.3, -0.25) is 4.79 Å². The zero-order valence-corrected chi connectivity index (χ0v) is 17.5. The van der Waals surface area contributed by atoms with Crippen LogP contribution in [-0.2, 0) is 0 Å². The summed E-state index contributed by atoms with van der Waals surface area (Å²) in [6.45, 7) is 0. The van der Waals surface area contributed by atoms with Crippen molar-refractivity contribution in [2.24, 2.45) is 0 Å². The molecule has 1 heterocycles. The topological polar surface area (TPSA) is 54.0 Å².